The Morgan fingerprint density at radius 1 is 1.04 bits per heavy atom. The molecule has 0 aliphatic heterocycles. The molecule has 1 aromatic heterocycles. The van der Waals surface area contributed by atoms with Crippen LogP contribution in [-0.2, 0) is 17.6 Å². The maximum absolute atomic E-state index is 5.35. The fourth-order valence-electron chi connectivity index (χ4n) is 3.13. The second kappa shape index (κ2) is 8.95. The molecule has 0 saturated carbocycles. The van der Waals surface area contributed by atoms with Crippen LogP contribution in [0.15, 0.2) is 18.2 Å². The molecular formula is C21H30N2O2. The Morgan fingerprint density at radius 2 is 1.76 bits per heavy atom. The third-order valence-corrected chi connectivity index (χ3v) is 4.83. The number of aryl methyl sites for hydroxylation is 2. The third kappa shape index (κ3) is 5.02. The number of benzene rings is 1. The van der Waals surface area contributed by atoms with Crippen molar-refractivity contribution in [3.63, 3.8) is 0 Å². The lowest BCUT2D eigenvalue weighted by molar-refractivity contribution is 0.149. The van der Waals surface area contributed by atoms with Gasteiger partial charge in [0.1, 0.15) is 11.6 Å². The van der Waals surface area contributed by atoms with Crippen LogP contribution in [0.25, 0.3) is 0 Å². The molecule has 2 aromatic rings. The van der Waals surface area contributed by atoms with E-state index in [2.05, 4.69) is 32.9 Å². The minimum absolute atomic E-state index is 0.494. The topological polar surface area (TPSA) is 44.2 Å². The molecule has 4 nitrogen and oxygen atoms in total. The minimum Gasteiger partial charge on any atom is -0.497 e. The van der Waals surface area contributed by atoms with Gasteiger partial charge in [-0.25, -0.2) is 9.97 Å². The van der Waals surface area contributed by atoms with Crippen LogP contribution in [0.1, 0.15) is 47.2 Å². The molecule has 25 heavy (non-hydrogen) atoms. The van der Waals surface area contributed by atoms with Crippen molar-refractivity contribution in [2.24, 2.45) is 5.92 Å². The number of rotatable bonds is 8. The highest BCUT2D eigenvalue weighted by molar-refractivity contribution is 5.38. The summed E-state index contributed by atoms with van der Waals surface area (Å²) in [7, 11) is 3.46. The normalized spacial score (nSPS) is 12.2. The van der Waals surface area contributed by atoms with E-state index in [1.807, 2.05) is 13.0 Å². The van der Waals surface area contributed by atoms with Crippen LogP contribution in [0, 0.1) is 26.7 Å². The molecule has 0 aliphatic rings. The van der Waals surface area contributed by atoms with E-state index in [0.29, 0.717) is 5.92 Å². The summed E-state index contributed by atoms with van der Waals surface area (Å²) in [6, 6.07) is 6.22. The van der Waals surface area contributed by atoms with Gasteiger partial charge < -0.3 is 9.47 Å². The molecule has 0 bridgehead atoms. The van der Waals surface area contributed by atoms with Gasteiger partial charge in [0.15, 0.2) is 0 Å². The Bertz CT molecular complexity index is 713. The zero-order valence-corrected chi connectivity index (χ0v) is 16.3. The van der Waals surface area contributed by atoms with Gasteiger partial charge >= 0.3 is 0 Å². The van der Waals surface area contributed by atoms with Gasteiger partial charge in [-0.2, -0.15) is 0 Å². The van der Waals surface area contributed by atoms with E-state index >= 15 is 0 Å². The largest absolute Gasteiger partial charge is 0.497 e. The molecule has 1 atom stereocenters. The first-order valence-electron chi connectivity index (χ1n) is 8.93. The van der Waals surface area contributed by atoms with Crippen molar-refractivity contribution in [2.45, 2.75) is 47.0 Å². The van der Waals surface area contributed by atoms with Crippen LogP contribution in [0.4, 0.5) is 0 Å². The second-order valence-electron chi connectivity index (χ2n) is 6.69. The van der Waals surface area contributed by atoms with Gasteiger partial charge in [0.2, 0.25) is 0 Å². The predicted octanol–water partition coefficient (Wildman–Crippen LogP) is 4.22. The van der Waals surface area contributed by atoms with Crippen molar-refractivity contribution < 1.29 is 9.47 Å². The molecule has 0 fully saturated rings. The quantitative estimate of drug-likeness (QED) is 0.720. The predicted molar refractivity (Wildman–Crippen MR) is 101 cm³/mol. The van der Waals surface area contributed by atoms with Crippen molar-refractivity contribution in [1.29, 1.82) is 0 Å². The average Bonchev–Trinajstić information content (AvgIpc) is 2.59. The van der Waals surface area contributed by atoms with Gasteiger partial charge in [0.25, 0.3) is 0 Å². The lowest BCUT2D eigenvalue weighted by atomic mass is 9.95. The van der Waals surface area contributed by atoms with Crippen molar-refractivity contribution >= 4 is 0 Å². The van der Waals surface area contributed by atoms with Crippen LogP contribution in [0.3, 0.4) is 0 Å². The molecule has 0 amide bonds. The smallest absolute Gasteiger partial charge is 0.125 e. The summed E-state index contributed by atoms with van der Waals surface area (Å²) in [6.45, 7) is 9.21. The van der Waals surface area contributed by atoms with E-state index in [-0.39, 0.29) is 0 Å². The zero-order chi connectivity index (χ0) is 18.4. The highest BCUT2D eigenvalue weighted by atomic mass is 16.5. The second-order valence-corrected chi connectivity index (χ2v) is 6.69. The number of hydrogen-bond donors (Lipinski definition) is 0. The lowest BCUT2D eigenvalue weighted by Gasteiger charge is -2.17. The minimum atomic E-state index is 0.494. The van der Waals surface area contributed by atoms with Crippen LogP contribution >= 0.6 is 0 Å². The molecule has 2 rings (SSSR count). The maximum Gasteiger partial charge on any atom is 0.125 e. The van der Waals surface area contributed by atoms with Gasteiger partial charge in [-0.1, -0.05) is 19.4 Å². The van der Waals surface area contributed by atoms with Gasteiger partial charge in [-0.3, -0.25) is 0 Å². The summed E-state index contributed by atoms with van der Waals surface area (Å²) in [5.41, 5.74) is 5.97. The summed E-state index contributed by atoms with van der Waals surface area (Å²) in [5, 5.41) is 0. The number of methoxy groups -OCH3 is 2. The monoisotopic (exact) mass is 342 g/mol. The lowest BCUT2D eigenvalue weighted by Crippen LogP contribution is -2.15. The highest BCUT2D eigenvalue weighted by Gasteiger charge is 2.15. The Kier molecular flexibility index (Phi) is 6.94. The average molecular weight is 342 g/mol. The number of hydrogen-bond acceptors (Lipinski definition) is 4. The number of ether oxygens (including phenoxy) is 2. The van der Waals surface area contributed by atoms with E-state index in [9.17, 15) is 0 Å². The molecule has 1 heterocycles. The maximum atomic E-state index is 5.35. The van der Waals surface area contributed by atoms with E-state index in [1.165, 1.54) is 16.7 Å². The fourth-order valence-corrected chi connectivity index (χ4v) is 3.13. The SMILES string of the molecule is CCC(COC)Cc1nc(C)nc(Cc2ccc(OC)cc2C)c1C. The van der Waals surface area contributed by atoms with E-state index in [0.717, 1.165) is 48.8 Å². The first-order valence-corrected chi connectivity index (χ1v) is 8.93. The van der Waals surface area contributed by atoms with Gasteiger partial charge in [-0.15, -0.1) is 0 Å². The van der Waals surface area contributed by atoms with Gasteiger partial charge in [-0.05, 0) is 61.9 Å². The summed E-state index contributed by atoms with van der Waals surface area (Å²) in [5.74, 6) is 2.23. The van der Waals surface area contributed by atoms with Crippen molar-refractivity contribution in [3.8, 4) is 5.75 Å². The molecule has 0 N–H and O–H groups in total. The van der Waals surface area contributed by atoms with Crippen molar-refractivity contribution in [2.75, 3.05) is 20.8 Å². The Hall–Kier alpha value is -1.94. The number of nitrogens with zero attached hydrogens (tertiary/aromatic N) is 2. The molecule has 4 heteroatoms. The Morgan fingerprint density at radius 3 is 2.36 bits per heavy atom. The Labute approximate surface area is 151 Å². The summed E-state index contributed by atoms with van der Waals surface area (Å²) in [6.07, 6.45) is 2.84. The van der Waals surface area contributed by atoms with Crippen LogP contribution in [0.2, 0.25) is 0 Å². The van der Waals surface area contributed by atoms with Gasteiger partial charge in [0.05, 0.1) is 12.8 Å². The van der Waals surface area contributed by atoms with Crippen molar-refractivity contribution in [1.82, 2.24) is 9.97 Å². The van der Waals surface area contributed by atoms with Gasteiger partial charge in [0, 0.05) is 25.8 Å². The summed E-state index contributed by atoms with van der Waals surface area (Å²) in [4.78, 5) is 9.43. The summed E-state index contributed by atoms with van der Waals surface area (Å²) >= 11 is 0. The van der Waals surface area contributed by atoms with Crippen LogP contribution in [0.5, 0.6) is 5.75 Å². The first-order chi connectivity index (χ1) is 12.0. The van der Waals surface area contributed by atoms with Crippen molar-refractivity contribution in [3.05, 3.63) is 52.1 Å². The van der Waals surface area contributed by atoms with E-state index in [4.69, 9.17) is 19.4 Å². The van der Waals surface area contributed by atoms with E-state index in [1.54, 1.807) is 14.2 Å². The van der Waals surface area contributed by atoms with E-state index < -0.39 is 0 Å². The highest BCUT2D eigenvalue weighted by Crippen LogP contribution is 2.23. The third-order valence-electron chi connectivity index (χ3n) is 4.83. The molecule has 1 unspecified atom stereocenters. The first kappa shape index (κ1) is 19.4. The van der Waals surface area contributed by atoms with Crippen LogP contribution < -0.4 is 4.74 Å². The molecule has 0 saturated heterocycles. The Balaban J connectivity index is 2.29. The fraction of sp³-hybridized carbons (Fsp3) is 0.524. The molecule has 0 spiro atoms. The zero-order valence-electron chi connectivity index (χ0n) is 16.3. The molecule has 1 aromatic carbocycles. The molecule has 0 aliphatic carbocycles. The summed E-state index contributed by atoms with van der Waals surface area (Å²) < 4.78 is 10.6. The standard InChI is InChI=1S/C21H30N2O2/c1-7-17(13-24-5)11-20-15(3)21(23-16(4)22-20)12-18-8-9-19(25-6)10-14(18)2/h8-10,17H,7,11-13H2,1-6H3. The number of aromatic nitrogens is 2. The molecule has 136 valence electrons. The molecular weight excluding hydrogens is 312 g/mol. The van der Waals surface area contributed by atoms with Crippen LogP contribution in [-0.4, -0.2) is 30.8 Å². The molecule has 0 radical (unpaired) electrons.